The number of carbonyl (C=O) groups excluding carboxylic acids is 1. The zero-order chi connectivity index (χ0) is 15.6. The van der Waals surface area contributed by atoms with Gasteiger partial charge in [0.05, 0.1) is 11.3 Å². The highest BCUT2D eigenvalue weighted by molar-refractivity contribution is 6.27. The summed E-state index contributed by atoms with van der Waals surface area (Å²) >= 11 is 0. The normalized spacial score (nSPS) is 18.0. The molecule has 1 amide bonds. The summed E-state index contributed by atoms with van der Waals surface area (Å²) in [7, 11) is 1.99. The number of likely N-dealkylation sites (N-methyl/N-ethyl adjacent to an activating group) is 1. The van der Waals surface area contributed by atoms with Crippen LogP contribution in [0.2, 0.25) is 0 Å². The van der Waals surface area contributed by atoms with Crippen LogP contribution < -0.4 is 11.1 Å². The van der Waals surface area contributed by atoms with Crippen LogP contribution in [0.15, 0.2) is 29.5 Å². The highest BCUT2D eigenvalue weighted by Gasteiger charge is 2.22. The molecule has 1 aliphatic heterocycles. The summed E-state index contributed by atoms with van der Waals surface area (Å²) in [5.74, 6) is -0.558. The van der Waals surface area contributed by atoms with Gasteiger partial charge in [0.25, 0.3) is 5.91 Å². The van der Waals surface area contributed by atoms with Crippen LogP contribution in [-0.4, -0.2) is 43.2 Å². The number of benzene rings is 1. The molecule has 2 rings (SSSR count). The number of carbonyl (C=O) groups is 1. The van der Waals surface area contributed by atoms with Gasteiger partial charge in [0.2, 0.25) is 0 Å². The lowest BCUT2D eigenvalue weighted by Crippen LogP contribution is -2.42. The van der Waals surface area contributed by atoms with Crippen molar-refractivity contribution in [2.75, 3.05) is 26.7 Å². The summed E-state index contributed by atoms with van der Waals surface area (Å²) in [6, 6.07) is 5.86. The van der Waals surface area contributed by atoms with Crippen molar-refractivity contribution in [1.82, 2.24) is 10.2 Å². The van der Waals surface area contributed by atoms with Crippen molar-refractivity contribution in [2.24, 2.45) is 5.73 Å². The molecule has 1 aromatic rings. The van der Waals surface area contributed by atoms with Crippen LogP contribution in [0.25, 0.3) is 0 Å². The molecule has 0 aliphatic carbocycles. The molecule has 1 saturated heterocycles. The van der Waals surface area contributed by atoms with Crippen molar-refractivity contribution in [3.63, 3.8) is 0 Å². The van der Waals surface area contributed by atoms with Gasteiger partial charge < -0.3 is 11.1 Å². The lowest BCUT2D eigenvalue weighted by molar-refractivity contribution is -0.114. The Morgan fingerprint density at radius 3 is 2.43 bits per heavy atom. The zero-order valence-electron chi connectivity index (χ0n) is 12.8. The topological polar surface area (TPSA) is 82.2 Å². The van der Waals surface area contributed by atoms with Crippen molar-refractivity contribution in [2.45, 2.75) is 13.8 Å². The second-order valence-electron chi connectivity index (χ2n) is 5.63. The minimum absolute atomic E-state index is 0.187. The van der Waals surface area contributed by atoms with Gasteiger partial charge in [0, 0.05) is 30.9 Å². The Morgan fingerprint density at radius 1 is 1.29 bits per heavy atom. The summed E-state index contributed by atoms with van der Waals surface area (Å²) in [6.45, 7) is 6.22. The molecule has 112 valence electrons. The quantitative estimate of drug-likeness (QED) is 0.571. The maximum absolute atomic E-state index is 11.9. The molecule has 0 atom stereocenters. The van der Waals surface area contributed by atoms with Gasteiger partial charge in [-0.05, 0) is 33.0 Å². The first-order valence-electron chi connectivity index (χ1n) is 7.01. The number of primary amides is 1. The summed E-state index contributed by atoms with van der Waals surface area (Å²) in [4.78, 5) is 14.0. The molecule has 1 aliphatic rings. The van der Waals surface area contributed by atoms with Crippen LogP contribution in [0.4, 0.5) is 0 Å². The molecule has 21 heavy (non-hydrogen) atoms. The second-order valence-corrected chi connectivity index (χ2v) is 5.63. The molecule has 1 fully saturated rings. The minimum atomic E-state index is -0.558. The van der Waals surface area contributed by atoms with Crippen molar-refractivity contribution >= 4 is 11.6 Å². The Bertz CT molecular complexity index is 598. The number of piperazine rings is 1. The number of nitrogens with zero attached hydrogens (tertiary/aromatic N) is 1. The van der Waals surface area contributed by atoms with Crippen molar-refractivity contribution in [3.05, 3.63) is 46.2 Å². The van der Waals surface area contributed by atoms with Crippen molar-refractivity contribution in [3.8, 4) is 0 Å². The molecular weight excluding hydrogens is 264 g/mol. The fraction of sp³-hybridized carbons (Fsp3) is 0.375. The van der Waals surface area contributed by atoms with Gasteiger partial charge >= 0.3 is 0 Å². The molecule has 4 N–H and O–H groups in total. The van der Waals surface area contributed by atoms with Crippen LogP contribution >= 0.6 is 0 Å². The highest BCUT2D eigenvalue weighted by Crippen LogP contribution is 2.16. The number of nitrogens with one attached hydrogen (secondary N) is 2. The predicted octanol–water partition coefficient (Wildman–Crippen LogP) is 0.946. The van der Waals surface area contributed by atoms with Crippen molar-refractivity contribution < 1.29 is 4.79 Å². The van der Waals surface area contributed by atoms with E-state index in [0.717, 1.165) is 35.5 Å². The number of rotatable bonds is 3. The maximum atomic E-state index is 11.9. The third kappa shape index (κ3) is 3.49. The third-order valence-corrected chi connectivity index (χ3v) is 3.57. The zero-order valence-corrected chi connectivity index (χ0v) is 12.8. The highest BCUT2D eigenvalue weighted by atomic mass is 16.1. The Morgan fingerprint density at radius 2 is 1.90 bits per heavy atom. The first-order chi connectivity index (χ1) is 9.88. The predicted molar refractivity (Wildman–Crippen MR) is 84.5 cm³/mol. The molecule has 5 nitrogen and oxygen atoms in total. The first kappa shape index (κ1) is 15.3. The molecule has 0 saturated carbocycles. The first-order valence-corrected chi connectivity index (χ1v) is 7.01. The van der Waals surface area contributed by atoms with E-state index in [2.05, 4.69) is 10.2 Å². The summed E-state index contributed by atoms with van der Waals surface area (Å²) in [6.07, 6.45) is 0. The van der Waals surface area contributed by atoms with Crippen molar-refractivity contribution in [1.29, 1.82) is 5.41 Å². The smallest absolute Gasteiger partial charge is 0.252 e. The monoisotopic (exact) mass is 286 g/mol. The Balaban J connectivity index is 2.45. The van der Waals surface area contributed by atoms with Crippen LogP contribution in [-0.2, 0) is 4.79 Å². The molecule has 0 spiro atoms. The summed E-state index contributed by atoms with van der Waals surface area (Å²) in [5, 5.41) is 11.6. The molecule has 1 aromatic carbocycles. The Hall–Kier alpha value is -2.14. The van der Waals surface area contributed by atoms with E-state index in [0.29, 0.717) is 6.54 Å². The van der Waals surface area contributed by atoms with Gasteiger partial charge in [-0.3, -0.25) is 15.1 Å². The SMILES string of the molecule is Cc1cc(C)cc(C(=N)/C(C(N)=O)=C2/CN(C)CCN2)c1. The number of amides is 1. The summed E-state index contributed by atoms with van der Waals surface area (Å²) in [5.41, 5.74) is 9.60. The number of nitrogens with two attached hydrogens (primary N) is 1. The van der Waals surface area contributed by atoms with Gasteiger partial charge in [-0.2, -0.15) is 0 Å². The van der Waals surface area contributed by atoms with E-state index in [4.69, 9.17) is 11.1 Å². The third-order valence-electron chi connectivity index (χ3n) is 3.57. The second kappa shape index (κ2) is 6.10. The van der Waals surface area contributed by atoms with Gasteiger partial charge in [-0.1, -0.05) is 17.2 Å². The molecule has 0 bridgehead atoms. The lowest BCUT2D eigenvalue weighted by Gasteiger charge is -2.28. The minimum Gasteiger partial charge on any atom is -0.385 e. The number of hydrogen-bond donors (Lipinski definition) is 3. The van der Waals surface area contributed by atoms with Crippen LogP contribution in [0.3, 0.4) is 0 Å². The van der Waals surface area contributed by atoms with Crippen LogP contribution in [0, 0.1) is 19.3 Å². The average Bonchev–Trinajstić information content (AvgIpc) is 2.37. The standard InChI is InChI=1S/C16H22N4O/c1-10-6-11(2)8-12(7-10)15(17)14(16(18)21)13-9-20(3)5-4-19-13/h6-8,17,19H,4-5,9H2,1-3H3,(H2,18,21)/b14-13+,17-15?. The van der Waals surface area contributed by atoms with E-state index in [1.54, 1.807) is 0 Å². The number of hydrogen-bond acceptors (Lipinski definition) is 4. The average molecular weight is 286 g/mol. The Labute approximate surface area is 125 Å². The molecule has 0 unspecified atom stereocenters. The fourth-order valence-corrected chi connectivity index (χ4v) is 2.66. The van der Waals surface area contributed by atoms with Crippen LogP contribution in [0.1, 0.15) is 16.7 Å². The largest absolute Gasteiger partial charge is 0.385 e. The molecule has 0 radical (unpaired) electrons. The molecular formula is C16H22N4O. The Kier molecular flexibility index (Phi) is 4.43. The van der Waals surface area contributed by atoms with E-state index in [9.17, 15) is 4.79 Å². The molecule has 0 aromatic heterocycles. The lowest BCUT2D eigenvalue weighted by atomic mass is 9.96. The van der Waals surface area contributed by atoms with Gasteiger partial charge in [-0.15, -0.1) is 0 Å². The van der Waals surface area contributed by atoms with E-state index in [1.807, 2.05) is 39.1 Å². The van der Waals surface area contributed by atoms with E-state index in [1.165, 1.54) is 0 Å². The van der Waals surface area contributed by atoms with Gasteiger partial charge in [-0.25, -0.2) is 0 Å². The van der Waals surface area contributed by atoms with E-state index >= 15 is 0 Å². The fourth-order valence-electron chi connectivity index (χ4n) is 2.66. The van der Waals surface area contributed by atoms with Gasteiger partial charge in [0.1, 0.15) is 0 Å². The molecule has 1 heterocycles. The van der Waals surface area contributed by atoms with Gasteiger partial charge in [0.15, 0.2) is 0 Å². The number of aryl methyl sites for hydroxylation is 2. The van der Waals surface area contributed by atoms with E-state index in [-0.39, 0.29) is 11.3 Å². The maximum Gasteiger partial charge on any atom is 0.252 e. The summed E-state index contributed by atoms with van der Waals surface area (Å²) < 4.78 is 0. The van der Waals surface area contributed by atoms with E-state index < -0.39 is 5.91 Å². The van der Waals surface area contributed by atoms with Crippen LogP contribution in [0.5, 0.6) is 0 Å². The molecule has 5 heteroatoms.